The van der Waals surface area contributed by atoms with E-state index in [9.17, 15) is 84.3 Å². The van der Waals surface area contributed by atoms with Crippen molar-refractivity contribution in [2.45, 2.75) is 76.7 Å². The van der Waals surface area contributed by atoms with Crippen LogP contribution in [0.15, 0.2) is 24.3 Å². The van der Waals surface area contributed by atoms with Crippen LogP contribution < -0.4 is 0 Å². The van der Waals surface area contributed by atoms with Gasteiger partial charge in [0.2, 0.25) is 0 Å². The number of aliphatic carboxylic acids is 8. The first-order chi connectivity index (χ1) is 28.7. The van der Waals surface area contributed by atoms with E-state index >= 15 is 0 Å². The molecule has 8 bridgehead atoms. The molecule has 0 saturated carbocycles. The lowest BCUT2D eigenvalue weighted by Crippen LogP contribution is -2.09. The number of aliphatic hydroxyl groups is 1. The average Bonchev–Trinajstić information content (AvgIpc) is 3.82. The molecule has 2 aliphatic heterocycles. The summed E-state index contributed by atoms with van der Waals surface area (Å²) in [4.78, 5) is 112. The lowest BCUT2D eigenvalue weighted by molar-refractivity contribution is -0.140. The number of nitrogens with zero attached hydrogens (tertiary/aromatic N) is 2. The number of carboxylic acids is 8. The van der Waals surface area contributed by atoms with E-state index in [4.69, 9.17) is 0 Å². The van der Waals surface area contributed by atoms with Gasteiger partial charge in [0.1, 0.15) is 0 Å². The molecule has 1 unspecified atom stereocenters. The third-order valence-electron chi connectivity index (χ3n) is 9.84. The van der Waals surface area contributed by atoms with Crippen LogP contribution in [0.2, 0.25) is 0 Å². The van der Waals surface area contributed by atoms with Gasteiger partial charge in [-0.3, -0.25) is 38.4 Å². The number of aromatic nitrogens is 4. The van der Waals surface area contributed by atoms with Gasteiger partial charge in [-0.05, 0) is 82.5 Å². The SMILES string of the molecule is O=C(O)CCC1=C(CC(=O)O)c2cc3nc(cc4[nH]c(cc5[nH]c(cc1n2)c(CCC(=O)O)c5CC(=O)O)c(CC(=O)O)c4C(O)CC(=O)O)C(CC(=O)O)=C3CCC(=O)O. The molecule has 21 nitrogen and oxygen atoms in total. The molecule has 5 heterocycles. The molecule has 3 aromatic rings. The molecule has 1 atom stereocenters. The van der Waals surface area contributed by atoms with E-state index in [0.29, 0.717) is 0 Å². The van der Waals surface area contributed by atoms with Crippen LogP contribution in [0, 0.1) is 0 Å². The van der Waals surface area contributed by atoms with E-state index in [1.807, 2.05) is 0 Å². The second-order valence-electron chi connectivity index (χ2n) is 14.1. The van der Waals surface area contributed by atoms with Gasteiger partial charge in [-0.1, -0.05) is 0 Å². The number of hydrogen-bond donors (Lipinski definition) is 11. The maximum absolute atomic E-state index is 12.3. The predicted octanol–water partition coefficient (Wildman–Crippen LogP) is 3.59. The zero-order chi connectivity index (χ0) is 44.9. The second-order valence-corrected chi connectivity index (χ2v) is 14.1. The lowest BCUT2D eigenvalue weighted by Gasteiger charge is -2.10. The summed E-state index contributed by atoms with van der Waals surface area (Å²) in [5.41, 5.74) is -0.725. The smallest absolute Gasteiger partial charge is 0.307 e. The van der Waals surface area contributed by atoms with Gasteiger partial charge in [0.15, 0.2) is 0 Å². The third kappa shape index (κ3) is 10.7. The molecular formula is C40H38N4O17. The summed E-state index contributed by atoms with van der Waals surface area (Å²) in [6.07, 6.45) is -8.39. The van der Waals surface area contributed by atoms with Crippen LogP contribution in [0.25, 0.3) is 44.4 Å². The maximum Gasteiger partial charge on any atom is 0.307 e. The highest BCUT2D eigenvalue weighted by Gasteiger charge is 2.29. The summed E-state index contributed by atoms with van der Waals surface area (Å²) in [5.74, 6) is -10.9. The minimum absolute atomic E-state index is 0.00369. The van der Waals surface area contributed by atoms with Gasteiger partial charge in [-0.2, -0.15) is 0 Å². The second kappa shape index (κ2) is 18.5. The summed E-state index contributed by atoms with van der Waals surface area (Å²) < 4.78 is 0. The van der Waals surface area contributed by atoms with Crippen LogP contribution in [0.5, 0.6) is 0 Å². The number of aliphatic hydroxyl groups excluding tert-OH is 1. The van der Waals surface area contributed by atoms with Crippen LogP contribution in [0.1, 0.15) is 103 Å². The van der Waals surface area contributed by atoms with E-state index in [1.54, 1.807) is 0 Å². The van der Waals surface area contributed by atoms with E-state index in [-0.39, 0.29) is 109 Å². The zero-order valence-electron chi connectivity index (χ0n) is 31.9. The molecule has 0 fully saturated rings. The van der Waals surface area contributed by atoms with Crippen molar-refractivity contribution in [1.29, 1.82) is 0 Å². The quantitative estimate of drug-likeness (QED) is 0.0773. The van der Waals surface area contributed by atoms with Crippen molar-refractivity contribution in [1.82, 2.24) is 19.9 Å². The van der Waals surface area contributed by atoms with Gasteiger partial charge in [-0.15, -0.1) is 0 Å². The molecule has 2 aliphatic rings. The van der Waals surface area contributed by atoms with E-state index < -0.39 is 105 Å². The molecular weight excluding hydrogens is 808 g/mol. The Labute approximate surface area is 342 Å². The molecule has 320 valence electrons. The number of fused-ring (bicyclic) bond motifs is 8. The summed E-state index contributed by atoms with van der Waals surface area (Å²) in [7, 11) is 0. The highest BCUT2D eigenvalue weighted by Crippen LogP contribution is 2.41. The van der Waals surface area contributed by atoms with Crippen LogP contribution >= 0.6 is 0 Å². The third-order valence-corrected chi connectivity index (χ3v) is 9.84. The molecule has 0 amide bonds. The summed E-state index contributed by atoms with van der Waals surface area (Å²) in [6, 6.07) is 5.05. The van der Waals surface area contributed by atoms with Gasteiger partial charge in [0, 0.05) is 46.9 Å². The van der Waals surface area contributed by atoms with E-state index in [2.05, 4.69) is 19.9 Å². The highest BCUT2D eigenvalue weighted by molar-refractivity contribution is 6.02. The number of aryl methyl sites for hydroxylation is 1. The van der Waals surface area contributed by atoms with Crippen molar-refractivity contribution in [2.24, 2.45) is 0 Å². The first-order valence-corrected chi connectivity index (χ1v) is 18.4. The Morgan fingerprint density at radius 3 is 1.31 bits per heavy atom. The monoisotopic (exact) mass is 846 g/mol. The van der Waals surface area contributed by atoms with Crippen molar-refractivity contribution >= 4 is 92.1 Å². The zero-order valence-corrected chi connectivity index (χ0v) is 31.9. The van der Waals surface area contributed by atoms with Gasteiger partial charge in [-0.25, -0.2) is 9.97 Å². The number of carbonyl (C=O) groups is 8. The number of rotatable bonds is 20. The standard InChI is InChI=1S/C40H38N4O17/c45-31(15-39(60)61)40-22(10-38(58)59)29-13-27-20(8-36(54)55)17(2-5-33(48)49)24(42-27)11-23-16(1-4-32(46)47)19(7-35(52)53)26(41-23)12-25-18(3-6-34(50)51)21(9-37(56)57)28(43-25)14-30(40)44-29/h11-14,31,42,44-45H,1-10,15H2,(H,46,47)(H,48,49)(H,50,51)(H,52,53)(H,54,55)(H,56,57)(H,58,59)(H,60,61). The Morgan fingerprint density at radius 2 is 0.820 bits per heavy atom. The summed E-state index contributed by atoms with van der Waals surface area (Å²) in [5, 5.41) is 90.0. The Bertz CT molecular complexity index is 2630. The maximum atomic E-state index is 12.3. The normalized spacial score (nSPS) is 12.9. The number of aromatic amines is 2. The van der Waals surface area contributed by atoms with Crippen molar-refractivity contribution in [3.8, 4) is 0 Å². The van der Waals surface area contributed by atoms with E-state index in [1.165, 1.54) is 24.3 Å². The van der Waals surface area contributed by atoms with Crippen molar-refractivity contribution in [3.63, 3.8) is 0 Å². The number of hydrogen-bond acceptors (Lipinski definition) is 11. The minimum atomic E-state index is -1.90. The van der Waals surface area contributed by atoms with Crippen LogP contribution in [-0.2, 0) is 57.6 Å². The van der Waals surface area contributed by atoms with Crippen molar-refractivity contribution < 1.29 is 84.3 Å². The highest BCUT2D eigenvalue weighted by atomic mass is 16.4. The fourth-order valence-electron chi connectivity index (χ4n) is 7.45. The summed E-state index contributed by atoms with van der Waals surface area (Å²) >= 11 is 0. The fraction of sp³-hybridized carbons (Fsp3) is 0.300. The molecule has 0 radical (unpaired) electrons. The van der Waals surface area contributed by atoms with Gasteiger partial charge >= 0.3 is 47.8 Å². The van der Waals surface area contributed by atoms with Crippen LogP contribution in [0.4, 0.5) is 0 Å². The Hall–Kier alpha value is -7.68. The molecule has 0 aliphatic carbocycles. The number of nitrogens with one attached hydrogen (secondary N) is 2. The predicted molar refractivity (Wildman–Crippen MR) is 209 cm³/mol. The first kappa shape index (κ1) is 44.4. The largest absolute Gasteiger partial charge is 0.481 e. The Kier molecular flexibility index (Phi) is 13.5. The molecule has 0 aromatic carbocycles. The molecule has 61 heavy (non-hydrogen) atoms. The topological polar surface area (TPSA) is 376 Å². The molecule has 3 aromatic heterocycles. The molecule has 11 N–H and O–H groups in total. The van der Waals surface area contributed by atoms with Crippen LogP contribution in [-0.4, -0.2) is 114 Å². The molecule has 0 saturated heterocycles. The molecule has 21 heteroatoms. The first-order valence-electron chi connectivity index (χ1n) is 18.4. The lowest BCUT2D eigenvalue weighted by atomic mass is 9.95. The number of H-pyrrole nitrogens is 2. The van der Waals surface area contributed by atoms with Crippen molar-refractivity contribution in [2.75, 3.05) is 0 Å². The number of carboxylic acid groups (broad SMARTS) is 8. The van der Waals surface area contributed by atoms with Crippen LogP contribution in [0.3, 0.4) is 0 Å². The van der Waals surface area contributed by atoms with Crippen molar-refractivity contribution in [3.05, 3.63) is 69.3 Å². The van der Waals surface area contributed by atoms with Gasteiger partial charge in [0.25, 0.3) is 0 Å². The average molecular weight is 847 g/mol. The van der Waals surface area contributed by atoms with E-state index in [0.717, 1.165) is 0 Å². The fourth-order valence-corrected chi connectivity index (χ4v) is 7.45. The molecule has 5 rings (SSSR count). The number of allylic oxidation sites excluding steroid dienone is 2. The minimum Gasteiger partial charge on any atom is -0.481 e. The van der Waals surface area contributed by atoms with Gasteiger partial charge < -0.3 is 55.9 Å². The summed E-state index contributed by atoms with van der Waals surface area (Å²) in [6.45, 7) is 0. The van der Waals surface area contributed by atoms with Gasteiger partial charge in [0.05, 0.1) is 61.0 Å². The Balaban J connectivity index is 2.12. The Morgan fingerprint density at radius 1 is 0.426 bits per heavy atom. The molecule has 0 spiro atoms.